The maximum absolute atomic E-state index is 14.0. The third-order valence-electron chi connectivity index (χ3n) is 5.39. The predicted molar refractivity (Wildman–Crippen MR) is 99.6 cm³/mol. The third kappa shape index (κ3) is 2.90. The van der Waals surface area contributed by atoms with Crippen LogP contribution in [0.25, 0.3) is 16.6 Å². The van der Waals surface area contributed by atoms with Gasteiger partial charge in [0, 0.05) is 23.5 Å². The molecule has 0 amide bonds. The second-order valence-corrected chi connectivity index (χ2v) is 7.31. The number of halogens is 1. The minimum absolute atomic E-state index is 0.0265. The number of hydrogen-bond donors (Lipinski definition) is 3. The van der Waals surface area contributed by atoms with E-state index in [-0.39, 0.29) is 11.0 Å². The number of aromatic nitrogens is 2. The van der Waals surface area contributed by atoms with Gasteiger partial charge < -0.3 is 16.2 Å². The van der Waals surface area contributed by atoms with Crippen molar-refractivity contribution in [1.29, 1.82) is 0 Å². The fraction of sp³-hybridized carbons (Fsp3) is 0.350. The van der Waals surface area contributed by atoms with Gasteiger partial charge in [-0.25, -0.2) is 9.07 Å². The number of hydrogen-bond acceptors (Lipinski definition) is 4. The molecule has 3 aromatic rings. The molecule has 5 nitrogen and oxygen atoms in total. The second kappa shape index (κ2) is 6.46. The average Bonchev–Trinajstić information content (AvgIpc) is 3.06. The van der Waals surface area contributed by atoms with Crippen molar-refractivity contribution >= 4 is 10.9 Å². The van der Waals surface area contributed by atoms with Crippen LogP contribution >= 0.6 is 0 Å². The topological polar surface area (TPSA) is 76.1 Å². The molecular formula is C20H23FN4O. The Balaban J connectivity index is 1.71. The molecule has 4 N–H and O–H groups in total. The van der Waals surface area contributed by atoms with Crippen LogP contribution < -0.4 is 11.1 Å². The van der Waals surface area contributed by atoms with E-state index in [1.54, 1.807) is 10.7 Å². The predicted octanol–water partition coefficient (Wildman–Crippen LogP) is 2.76. The summed E-state index contributed by atoms with van der Waals surface area (Å²) in [6, 6.07) is 11.3. The first-order valence-electron chi connectivity index (χ1n) is 8.91. The number of aliphatic hydroxyl groups excluding tert-OH is 1. The van der Waals surface area contributed by atoms with Crippen molar-refractivity contribution in [2.45, 2.75) is 31.4 Å². The standard InChI is InChI=1S/C20H23FN4O/c1-20(9-2-10-23-12-20)14-4-6-15(7-5-14)25-11-13-3-8-16(21)17(19(22)26)18(13)24-25/h3-8,11,19,23,26H,2,9-10,12,22H2,1H3/t19?,20-/m0/s1. The van der Waals surface area contributed by atoms with Gasteiger partial charge in [0.05, 0.1) is 11.3 Å². The molecule has 0 spiro atoms. The fourth-order valence-corrected chi connectivity index (χ4v) is 3.82. The highest BCUT2D eigenvalue weighted by atomic mass is 19.1. The smallest absolute Gasteiger partial charge is 0.133 e. The van der Waals surface area contributed by atoms with E-state index in [2.05, 4.69) is 29.5 Å². The number of nitrogens with two attached hydrogens (primary N) is 1. The van der Waals surface area contributed by atoms with Crippen LogP contribution in [0.2, 0.25) is 0 Å². The van der Waals surface area contributed by atoms with E-state index in [1.165, 1.54) is 24.5 Å². The number of aliphatic hydroxyl groups is 1. The first-order chi connectivity index (χ1) is 12.5. The van der Waals surface area contributed by atoms with E-state index >= 15 is 0 Å². The Bertz CT molecular complexity index is 927. The van der Waals surface area contributed by atoms with E-state index in [0.29, 0.717) is 5.52 Å². The van der Waals surface area contributed by atoms with Gasteiger partial charge in [-0.3, -0.25) is 0 Å². The number of piperidine rings is 1. The Kier molecular flexibility index (Phi) is 4.26. The van der Waals surface area contributed by atoms with Crippen LogP contribution in [0.5, 0.6) is 0 Å². The minimum atomic E-state index is -1.40. The molecule has 2 aromatic carbocycles. The highest BCUT2D eigenvalue weighted by Crippen LogP contribution is 2.31. The molecule has 0 bridgehead atoms. The van der Waals surface area contributed by atoms with E-state index in [0.717, 1.165) is 24.2 Å². The molecule has 4 rings (SSSR count). The Labute approximate surface area is 151 Å². The van der Waals surface area contributed by atoms with Crippen molar-refractivity contribution in [2.24, 2.45) is 5.73 Å². The summed E-state index contributed by atoms with van der Waals surface area (Å²) in [5.74, 6) is -0.550. The van der Waals surface area contributed by atoms with E-state index < -0.39 is 12.0 Å². The number of nitrogens with zero attached hydrogens (tertiary/aromatic N) is 2. The van der Waals surface area contributed by atoms with E-state index in [4.69, 9.17) is 5.73 Å². The number of rotatable bonds is 3. The summed E-state index contributed by atoms with van der Waals surface area (Å²) in [7, 11) is 0. The van der Waals surface area contributed by atoms with Crippen LogP contribution in [0.1, 0.15) is 37.1 Å². The first kappa shape index (κ1) is 17.1. The molecule has 26 heavy (non-hydrogen) atoms. The molecular weight excluding hydrogens is 331 g/mol. The number of nitrogens with one attached hydrogen (secondary N) is 1. The van der Waals surface area contributed by atoms with E-state index in [1.807, 2.05) is 18.3 Å². The maximum Gasteiger partial charge on any atom is 0.133 e. The lowest BCUT2D eigenvalue weighted by Gasteiger charge is -2.34. The van der Waals surface area contributed by atoms with Crippen LogP contribution in [0.3, 0.4) is 0 Å². The summed E-state index contributed by atoms with van der Waals surface area (Å²) < 4.78 is 15.7. The van der Waals surface area contributed by atoms with E-state index in [9.17, 15) is 9.50 Å². The SMILES string of the molecule is C[C@]1(c2ccc(-n3cc4ccc(F)c(C(N)O)c4n3)cc2)CCCNC1. The van der Waals surface area contributed by atoms with Gasteiger partial charge in [0.25, 0.3) is 0 Å². The maximum atomic E-state index is 14.0. The van der Waals surface area contributed by atoms with Gasteiger partial charge in [-0.1, -0.05) is 19.1 Å². The normalized spacial score (nSPS) is 21.8. The van der Waals surface area contributed by atoms with Gasteiger partial charge in [0.15, 0.2) is 0 Å². The zero-order chi connectivity index (χ0) is 18.3. The van der Waals surface area contributed by atoms with Gasteiger partial charge in [0.2, 0.25) is 0 Å². The minimum Gasteiger partial charge on any atom is -0.374 e. The molecule has 1 unspecified atom stereocenters. The zero-order valence-electron chi connectivity index (χ0n) is 14.7. The molecule has 0 saturated carbocycles. The number of fused-ring (bicyclic) bond motifs is 1. The fourth-order valence-electron chi connectivity index (χ4n) is 3.82. The second-order valence-electron chi connectivity index (χ2n) is 7.31. The van der Waals surface area contributed by atoms with Crippen LogP contribution in [0.15, 0.2) is 42.6 Å². The number of benzene rings is 2. The monoisotopic (exact) mass is 354 g/mol. The molecule has 2 heterocycles. The summed E-state index contributed by atoms with van der Waals surface area (Å²) in [5.41, 5.74) is 8.24. The Morgan fingerprint density at radius 2 is 2.04 bits per heavy atom. The van der Waals surface area contributed by atoms with Crippen LogP contribution in [0, 0.1) is 5.82 Å². The first-order valence-corrected chi connectivity index (χ1v) is 8.91. The average molecular weight is 354 g/mol. The van der Waals surface area contributed by atoms with Gasteiger partial charge >= 0.3 is 0 Å². The molecule has 0 aliphatic carbocycles. The molecule has 1 fully saturated rings. The van der Waals surface area contributed by atoms with Crippen LogP contribution in [0.4, 0.5) is 4.39 Å². The van der Waals surface area contributed by atoms with Gasteiger partial charge in [0.1, 0.15) is 17.6 Å². The van der Waals surface area contributed by atoms with Crippen molar-refractivity contribution in [2.75, 3.05) is 13.1 Å². The van der Waals surface area contributed by atoms with Gasteiger partial charge in [-0.05, 0) is 49.2 Å². The molecule has 2 atom stereocenters. The zero-order valence-corrected chi connectivity index (χ0v) is 14.7. The third-order valence-corrected chi connectivity index (χ3v) is 5.39. The molecule has 1 aliphatic rings. The van der Waals surface area contributed by atoms with Crippen molar-refractivity contribution in [3.63, 3.8) is 0 Å². The largest absolute Gasteiger partial charge is 0.374 e. The Hall–Kier alpha value is -2.28. The molecule has 136 valence electrons. The van der Waals surface area contributed by atoms with Gasteiger partial charge in [-0.15, -0.1) is 0 Å². The molecule has 1 aliphatic heterocycles. The molecule has 6 heteroatoms. The summed E-state index contributed by atoms with van der Waals surface area (Å²) in [5, 5.41) is 18.3. The summed E-state index contributed by atoms with van der Waals surface area (Å²) in [6.07, 6.45) is 2.77. The van der Waals surface area contributed by atoms with Crippen molar-refractivity contribution in [1.82, 2.24) is 15.1 Å². The molecule has 1 saturated heterocycles. The lowest BCUT2D eigenvalue weighted by Crippen LogP contribution is -2.41. The Morgan fingerprint density at radius 3 is 2.69 bits per heavy atom. The van der Waals surface area contributed by atoms with Crippen molar-refractivity contribution in [3.05, 3.63) is 59.5 Å². The lowest BCUT2D eigenvalue weighted by atomic mass is 9.76. The van der Waals surface area contributed by atoms with Crippen LogP contribution in [-0.4, -0.2) is 28.0 Å². The molecule has 0 radical (unpaired) electrons. The highest BCUT2D eigenvalue weighted by molar-refractivity contribution is 5.82. The van der Waals surface area contributed by atoms with Crippen molar-refractivity contribution in [3.8, 4) is 5.69 Å². The van der Waals surface area contributed by atoms with Gasteiger partial charge in [-0.2, -0.15) is 5.10 Å². The molecule has 1 aromatic heterocycles. The quantitative estimate of drug-likeness (QED) is 0.632. The summed E-state index contributed by atoms with van der Waals surface area (Å²) in [6.45, 7) is 4.35. The Morgan fingerprint density at radius 1 is 1.27 bits per heavy atom. The summed E-state index contributed by atoms with van der Waals surface area (Å²) >= 11 is 0. The lowest BCUT2D eigenvalue weighted by molar-refractivity contribution is 0.183. The van der Waals surface area contributed by atoms with Crippen molar-refractivity contribution < 1.29 is 9.50 Å². The van der Waals surface area contributed by atoms with Crippen LogP contribution in [-0.2, 0) is 5.41 Å². The highest BCUT2D eigenvalue weighted by Gasteiger charge is 2.28. The summed E-state index contributed by atoms with van der Waals surface area (Å²) in [4.78, 5) is 0.